The van der Waals surface area contributed by atoms with E-state index in [9.17, 15) is 0 Å². The molecule has 0 bridgehead atoms. The summed E-state index contributed by atoms with van der Waals surface area (Å²) in [6.45, 7) is 4.51. The van der Waals surface area contributed by atoms with Gasteiger partial charge in [-0.1, -0.05) is 0 Å². The molecule has 2 N–H and O–H groups in total. The van der Waals surface area contributed by atoms with E-state index in [-0.39, 0.29) is 0 Å². The topological polar surface area (TPSA) is 86.8 Å². The van der Waals surface area contributed by atoms with Gasteiger partial charge in [0.15, 0.2) is 5.82 Å². The minimum atomic E-state index is 0.495. The van der Waals surface area contributed by atoms with Gasteiger partial charge in [-0.25, -0.2) is 19.9 Å². The molecule has 0 aromatic carbocycles. The second-order valence-electron chi connectivity index (χ2n) is 4.18. The molecule has 0 amide bonds. The van der Waals surface area contributed by atoms with Gasteiger partial charge < -0.3 is 10.5 Å². The van der Waals surface area contributed by atoms with Crippen LogP contribution in [0.2, 0.25) is 0 Å². The summed E-state index contributed by atoms with van der Waals surface area (Å²) in [6.07, 6.45) is 2.22. The molecule has 0 spiro atoms. The molecule has 0 radical (unpaired) electrons. The fourth-order valence-corrected chi connectivity index (χ4v) is 1.93. The van der Waals surface area contributed by atoms with Crippen molar-refractivity contribution in [3.63, 3.8) is 0 Å². The Bertz CT molecular complexity index is 562. The summed E-state index contributed by atoms with van der Waals surface area (Å²) in [5, 5.41) is 0. The van der Waals surface area contributed by atoms with Crippen molar-refractivity contribution in [3.05, 3.63) is 29.3 Å². The fraction of sp³-hybridized carbons (Fsp3) is 0.385. The standard InChI is InChI=1S/C13H17N5O/c1-8-10(4-5-14)9(2)18-13(17-8)11-6-12(19-3)16-7-15-11/h6-7H,4-5,14H2,1-3H3. The highest BCUT2D eigenvalue weighted by Crippen LogP contribution is 2.19. The van der Waals surface area contributed by atoms with Crippen molar-refractivity contribution in [3.8, 4) is 17.4 Å². The van der Waals surface area contributed by atoms with Crippen LogP contribution in [0.3, 0.4) is 0 Å². The SMILES string of the molecule is COc1cc(-c2nc(C)c(CCN)c(C)n2)ncn1. The first-order valence-electron chi connectivity index (χ1n) is 6.06. The number of hydrogen-bond acceptors (Lipinski definition) is 6. The monoisotopic (exact) mass is 259 g/mol. The largest absolute Gasteiger partial charge is 0.481 e. The van der Waals surface area contributed by atoms with Crippen LogP contribution in [0.5, 0.6) is 5.88 Å². The van der Waals surface area contributed by atoms with Gasteiger partial charge in [0.2, 0.25) is 5.88 Å². The van der Waals surface area contributed by atoms with E-state index in [1.165, 1.54) is 6.33 Å². The molecule has 0 fully saturated rings. The number of methoxy groups -OCH3 is 1. The molecular weight excluding hydrogens is 242 g/mol. The lowest BCUT2D eigenvalue weighted by Crippen LogP contribution is -2.09. The highest BCUT2D eigenvalue weighted by molar-refractivity contribution is 5.51. The van der Waals surface area contributed by atoms with Gasteiger partial charge in [0.05, 0.1) is 7.11 Å². The Balaban J connectivity index is 2.45. The first kappa shape index (κ1) is 13.4. The van der Waals surface area contributed by atoms with Gasteiger partial charge in [0, 0.05) is 17.5 Å². The number of nitrogens with two attached hydrogens (primary N) is 1. The number of hydrogen-bond donors (Lipinski definition) is 1. The average molecular weight is 259 g/mol. The molecule has 2 aromatic heterocycles. The van der Waals surface area contributed by atoms with Gasteiger partial charge in [-0.05, 0) is 32.4 Å². The van der Waals surface area contributed by atoms with Crippen molar-refractivity contribution < 1.29 is 4.74 Å². The van der Waals surface area contributed by atoms with Crippen LogP contribution in [0.15, 0.2) is 12.4 Å². The zero-order valence-electron chi connectivity index (χ0n) is 11.3. The Morgan fingerprint density at radius 1 is 1.16 bits per heavy atom. The lowest BCUT2D eigenvalue weighted by molar-refractivity contribution is 0.397. The quantitative estimate of drug-likeness (QED) is 0.883. The summed E-state index contributed by atoms with van der Waals surface area (Å²) >= 11 is 0. The van der Waals surface area contributed by atoms with Crippen LogP contribution in [-0.4, -0.2) is 33.6 Å². The van der Waals surface area contributed by atoms with Crippen LogP contribution in [0.4, 0.5) is 0 Å². The lowest BCUT2D eigenvalue weighted by Gasteiger charge is -2.09. The van der Waals surface area contributed by atoms with Gasteiger partial charge in [-0.3, -0.25) is 0 Å². The molecule has 6 nitrogen and oxygen atoms in total. The molecule has 2 rings (SSSR count). The van der Waals surface area contributed by atoms with Crippen molar-refractivity contribution in [1.82, 2.24) is 19.9 Å². The third-order valence-corrected chi connectivity index (χ3v) is 2.90. The second kappa shape index (κ2) is 5.71. The molecule has 0 atom stereocenters. The van der Waals surface area contributed by atoms with E-state index >= 15 is 0 Å². The van der Waals surface area contributed by atoms with Crippen LogP contribution >= 0.6 is 0 Å². The maximum Gasteiger partial charge on any atom is 0.216 e. The summed E-state index contributed by atoms with van der Waals surface area (Å²) < 4.78 is 5.08. The Morgan fingerprint density at radius 2 is 1.84 bits per heavy atom. The van der Waals surface area contributed by atoms with Crippen molar-refractivity contribution in [2.24, 2.45) is 5.73 Å². The van der Waals surface area contributed by atoms with Crippen molar-refractivity contribution in [2.75, 3.05) is 13.7 Å². The number of nitrogens with zero attached hydrogens (tertiary/aromatic N) is 4. The molecule has 19 heavy (non-hydrogen) atoms. The van der Waals surface area contributed by atoms with Gasteiger partial charge in [0.1, 0.15) is 12.0 Å². The molecular formula is C13H17N5O. The van der Waals surface area contributed by atoms with E-state index in [1.807, 2.05) is 13.8 Å². The molecule has 6 heteroatoms. The van der Waals surface area contributed by atoms with Crippen LogP contribution in [-0.2, 0) is 6.42 Å². The smallest absolute Gasteiger partial charge is 0.216 e. The normalized spacial score (nSPS) is 10.5. The number of aryl methyl sites for hydroxylation is 2. The van der Waals surface area contributed by atoms with Gasteiger partial charge >= 0.3 is 0 Å². The van der Waals surface area contributed by atoms with E-state index in [2.05, 4.69) is 19.9 Å². The Kier molecular flexibility index (Phi) is 4.01. The summed E-state index contributed by atoms with van der Waals surface area (Å²) in [7, 11) is 1.56. The zero-order chi connectivity index (χ0) is 13.8. The maximum atomic E-state index is 5.59. The van der Waals surface area contributed by atoms with Gasteiger partial charge in [0.25, 0.3) is 0 Å². The highest BCUT2D eigenvalue weighted by atomic mass is 16.5. The fourth-order valence-electron chi connectivity index (χ4n) is 1.93. The lowest BCUT2D eigenvalue weighted by atomic mass is 10.1. The van der Waals surface area contributed by atoms with Gasteiger partial charge in [-0.2, -0.15) is 0 Å². The predicted octanol–water partition coefficient (Wildman–Crippen LogP) is 1.06. The van der Waals surface area contributed by atoms with E-state index in [0.717, 1.165) is 23.4 Å². The van der Waals surface area contributed by atoms with E-state index < -0.39 is 0 Å². The molecule has 0 unspecified atom stereocenters. The third kappa shape index (κ3) is 2.85. The van der Waals surface area contributed by atoms with Crippen molar-refractivity contribution >= 4 is 0 Å². The zero-order valence-corrected chi connectivity index (χ0v) is 11.3. The predicted molar refractivity (Wildman–Crippen MR) is 71.8 cm³/mol. The van der Waals surface area contributed by atoms with E-state index in [0.29, 0.717) is 23.9 Å². The first-order chi connectivity index (χ1) is 9.15. The highest BCUT2D eigenvalue weighted by Gasteiger charge is 2.11. The first-order valence-corrected chi connectivity index (χ1v) is 6.06. The summed E-state index contributed by atoms with van der Waals surface area (Å²) in [5.41, 5.74) is 9.22. The van der Waals surface area contributed by atoms with Crippen molar-refractivity contribution in [2.45, 2.75) is 20.3 Å². The molecule has 0 aliphatic carbocycles. The number of rotatable bonds is 4. The van der Waals surface area contributed by atoms with Crippen LogP contribution in [0, 0.1) is 13.8 Å². The minimum absolute atomic E-state index is 0.495. The van der Waals surface area contributed by atoms with E-state index in [4.69, 9.17) is 10.5 Å². The maximum absolute atomic E-state index is 5.59. The van der Waals surface area contributed by atoms with Crippen molar-refractivity contribution in [1.29, 1.82) is 0 Å². The number of aromatic nitrogens is 4. The third-order valence-electron chi connectivity index (χ3n) is 2.90. The molecule has 0 aliphatic heterocycles. The van der Waals surface area contributed by atoms with Gasteiger partial charge in [-0.15, -0.1) is 0 Å². The molecule has 2 aromatic rings. The summed E-state index contributed by atoms with van der Waals surface area (Å²) in [5.74, 6) is 1.08. The summed E-state index contributed by atoms with van der Waals surface area (Å²) in [6, 6.07) is 1.72. The molecule has 0 saturated carbocycles. The van der Waals surface area contributed by atoms with Crippen LogP contribution < -0.4 is 10.5 Å². The van der Waals surface area contributed by atoms with Crippen LogP contribution in [0.25, 0.3) is 11.5 Å². The molecule has 0 aliphatic rings. The molecule has 2 heterocycles. The Hall–Kier alpha value is -2.08. The Morgan fingerprint density at radius 3 is 2.42 bits per heavy atom. The van der Waals surface area contributed by atoms with E-state index in [1.54, 1.807) is 13.2 Å². The second-order valence-corrected chi connectivity index (χ2v) is 4.18. The summed E-state index contributed by atoms with van der Waals surface area (Å²) in [4.78, 5) is 17.1. The van der Waals surface area contributed by atoms with Crippen LogP contribution in [0.1, 0.15) is 17.0 Å². The Labute approximate surface area is 112 Å². The number of ether oxygens (including phenoxy) is 1. The molecule has 100 valence electrons. The minimum Gasteiger partial charge on any atom is -0.481 e. The molecule has 0 saturated heterocycles. The average Bonchev–Trinajstić information content (AvgIpc) is 2.42.